The van der Waals surface area contributed by atoms with E-state index in [1.165, 1.54) is 6.92 Å². The third-order valence-electron chi connectivity index (χ3n) is 2.10. The van der Waals surface area contributed by atoms with Gasteiger partial charge in [0.2, 0.25) is 11.8 Å². The highest BCUT2D eigenvalue weighted by Crippen LogP contribution is 2.29. The zero-order chi connectivity index (χ0) is 10.1. The van der Waals surface area contributed by atoms with Crippen LogP contribution in [0.1, 0.15) is 12.5 Å². The first-order valence-electron chi connectivity index (χ1n) is 4.36. The maximum atomic E-state index is 11.1. The molecule has 2 N–H and O–H groups in total. The molecule has 1 aliphatic heterocycles. The highest BCUT2D eigenvalue weighted by Gasteiger charge is 2.20. The number of benzene rings is 1. The summed E-state index contributed by atoms with van der Waals surface area (Å²) in [6, 6.07) is 5.42. The van der Waals surface area contributed by atoms with Crippen molar-refractivity contribution in [2.75, 3.05) is 10.6 Å². The number of carbonyl (C=O) groups excluding carboxylic acids is 2. The predicted octanol–water partition coefficient (Wildman–Crippen LogP) is 1.14. The second kappa shape index (κ2) is 3.14. The van der Waals surface area contributed by atoms with E-state index in [0.717, 1.165) is 11.3 Å². The molecule has 1 aromatic rings. The van der Waals surface area contributed by atoms with Gasteiger partial charge in [0.05, 0.1) is 6.42 Å². The van der Waals surface area contributed by atoms with Crippen LogP contribution in [0, 0.1) is 0 Å². The Kier molecular flexibility index (Phi) is 1.96. The van der Waals surface area contributed by atoms with Crippen molar-refractivity contribution < 1.29 is 9.59 Å². The van der Waals surface area contributed by atoms with E-state index in [0.29, 0.717) is 12.1 Å². The van der Waals surface area contributed by atoms with E-state index in [2.05, 4.69) is 10.6 Å². The Morgan fingerprint density at radius 1 is 1.50 bits per heavy atom. The Morgan fingerprint density at radius 3 is 3.00 bits per heavy atom. The van der Waals surface area contributed by atoms with E-state index >= 15 is 0 Å². The number of hydrogen-bond donors (Lipinski definition) is 2. The smallest absolute Gasteiger partial charge is 0.228 e. The van der Waals surface area contributed by atoms with Crippen LogP contribution in [0.5, 0.6) is 0 Å². The van der Waals surface area contributed by atoms with Crippen LogP contribution in [-0.4, -0.2) is 11.8 Å². The summed E-state index contributed by atoms with van der Waals surface area (Å²) < 4.78 is 0. The van der Waals surface area contributed by atoms with Gasteiger partial charge in [-0.3, -0.25) is 9.59 Å². The molecule has 0 aliphatic carbocycles. The molecular weight excluding hydrogens is 180 g/mol. The SMILES string of the molecule is CC(=O)Nc1cccc2c1CC(=O)N2. The highest BCUT2D eigenvalue weighted by atomic mass is 16.2. The van der Waals surface area contributed by atoms with Gasteiger partial charge in [-0.05, 0) is 12.1 Å². The maximum absolute atomic E-state index is 11.1. The Labute approximate surface area is 81.3 Å². The van der Waals surface area contributed by atoms with Crippen LogP contribution in [0.3, 0.4) is 0 Å². The third-order valence-corrected chi connectivity index (χ3v) is 2.10. The molecule has 0 aromatic heterocycles. The van der Waals surface area contributed by atoms with Crippen molar-refractivity contribution >= 4 is 23.2 Å². The minimum atomic E-state index is -0.127. The van der Waals surface area contributed by atoms with Gasteiger partial charge in [0, 0.05) is 23.9 Å². The molecule has 14 heavy (non-hydrogen) atoms. The van der Waals surface area contributed by atoms with E-state index in [-0.39, 0.29) is 11.8 Å². The summed E-state index contributed by atoms with van der Waals surface area (Å²) in [6.45, 7) is 1.45. The fraction of sp³-hybridized carbons (Fsp3) is 0.200. The molecule has 0 fully saturated rings. The number of rotatable bonds is 1. The van der Waals surface area contributed by atoms with Gasteiger partial charge in [-0.1, -0.05) is 6.07 Å². The molecule has 0 atom stereocenters. The molecule has 72 valence electrons. The molecule has 0 bridgehead atoms. The normalized spacial score (nSPS) is 13.4. The zero-order valence-corrected chi connectivity index (χ0v) is 7.76. The Bertz CT molecular complexity index is 413. The number of amides is 2. The van der Waals surface area contributed by atoms with Crippen molar-refractivity contribution in [1.29, 1.82) is 0 Å². The summed E-state index contributed by atoms with van der Waals surface area (Å²) in [5, 5.41) is 5.42. The van der Waals surface area contributed by atoms with Gasteiger partial charge in [0.25, 0.3) is 0 Å². The first kappa shape index (κ1) is 8.74. The molecule has 2 amide bonds. The second-order valence-corrected chi connectivity index (χ2v) is 3.24. The average Bonchev–Trinajstić information content (AvgIpc) is 2.45. The van der Waals surface area contributed by atoms with Crippen molar-refractivity contribution in [2.24, 2.45) is 0 Å². The van der Waals surface area contributed by atoms with Gasteiger partial charge in [0.1, 0.15) is 0 Å². The fourth-order valence-corrected chi connectivity index (χ4v) is 1.56. The average molecular weight is 190 g/mol. The van der Waals surface area contributed by atoms with E-state index in [9.17, 15) is 9.59 Å². The molecule has 1 aromatic carbocycles. The van der Waals surface area contributed by atoms with Gasteiger partial charge in [-0.25, -0.2) is 0 Å². The fourth-order valence-electron chi connectivity index (χ4n) is 1.56. The number of anilines is 2. The third kappa shape index (κ3) is 1.46. The summed E-state index contributed by atoms with van der Waals surface area (Å²) in [5.41, 5.74) is 2.38. The molecule has 0 spiro atoms. The minimum Gasteiger partial charge on any atom is -0.326 e. The van der Waals surface area contributed by atoms with Gasteiger partial charge in [0.15, 0.2) is 0 Å². The van der Waals surface area contributed by atoms with E-state index in [1.54, 1.807) is 12.1 Å². The quantitative estimate of drug-likeness (QED) is 0.697. The van der Waals surface area contributed by atoms with Crippen molar-refractivity contribution in [3.8, 4) is 0 Å². The molecule has 4 nitrogen and oxygen atoms in total. The molecule has 1 aliphatic rings. The monoisotopic (exact) mass is 190 g/mol. The molecule has 0 saturated carbocycles. The van der Waals surface area contributed by atoms with Gasteiger partial charge < -0.3 is 10.6 Å². The molecule has 0 saturated heterocycles. The number of nitrogens with one attached hydrogen (secondary N) is 2. The van der Waals surface area contributed by atoms with Crippen LogP contribution in [0.15, 0.2) is 18.2 Å². The Balaban J connectivity index is 2.39. The van der Waals surface area contributed by atoms with E-state index < -0.39 is 0 Å². The number of hydrogen-bond acceptors (Lipinski definition) is 2. The van der Waals surface area contributed by atoms with Crippen LogP contribution < -0.4 is 10.6 Å². The standard InChI is InChI=1S/C10H10N2O2/c1-6(13)11-8-3-2-4-9-7(8)5-10(14)12-9/h2-4H,5H2,1H3,(H,11,13)(H,12,14). The Hall–Kier alpha value is -1.84. The summed E-state index contributed by atoms with van der Waals surface area (Å²) in [4.78, 5) is 22.0. The molecule has 0 unspecified atom stereocenters. The van der Waals surface area contributed by atoms with Crippen molar-refractivity contribution in [2.45, 2.75) is 13.3 Å². The van der Waals surface area contributed by atoms with Crippen molar-refractivity contribution in [3.05, 3.63) is 23.8 Å². The van der Waals surface area contributed by atoms with Crippen LogP contribution in [-0.2, 0) is 16.0 Å². The first-order chi connectivity index (χ1) is 6.66. The van der Waals surface area contributed by atoms with Crippen molar-refractivity contribution in [1.82, 2.24) is 0 Å². The summed E-state index contributed by atoms with van der Waals surface area (Å²) in [7, 11) is 0. The molecule has 1 heterocycles. The molecule has 4 heteroatoms. The van der Waals surface area contributed by atoms with Crippen LogP contribution in [0.2, 0.25) is 0 Å². The largest absolute Gasteiger partial charge is 0.326 e. The summed E-state index contributed by atoms with van der Waals surface area (Å²) in [6.07, 6.45) is 0.339. The van der Waals surface area contributed by atoms with E-state index in [4.69, 9.17) is 0 Å². The Morgan fingerprint density at radius 2 is 2.29 bits per heavy atom. The zero-order valence-electron chi connectivity index (χ0n) is 7.76. The maximum Gasteiger partial charge on any atom is 0.228 e. The summed E-state index contributed by atoms with van der Waals surface area (Å²) in [5.74, 6) is -0.157. The number of fused-ring (bicyclic) bond motifs is 1. The molecular formula is C10H10N2O2. The lowest BCUT2D eigenvalue weighted by atomic mass is 10.1. The molecule has 2 rings (SSSR count). The summed E-state index contributed by atoms with van der Waals surface area (Å²) >= 11 is 0. The van der Waals surface area contributed by atoms with Gasteiger partial charge in [-0.2, -0.15) is 0 Å². The first-order valence-corrected chi connectivity index (χ1v) is 4.36. The van der Waals surface area contributed by atoms with Crippen LogP contribution in [0.4, 0.5) is 11.4 Å². The van der Waals surface area contributed by atoms with Crippen LogP contribution >= 0.6 is 0 Å². The van der Waals surface area contributed by atoms with E-state index in [1.807, 2.05) is 6.07 Å². The highest BCUT2D eigenvalue weighted by molar-refractivity contribution is 6.03. The lowest BCUT2D eigenvalue weighted by Gasteiger charge is -2.06. The topological polar surface area (TPSA) is 58.2 Å². The minimum absolute atomic E-state index is 0.0298. The lowest BCUT2D eigenvalue weighted by Crippen LogP contribution is -2.07. The second-order valence-electron chi connectivity index (χ2n) is 3.24. The number of carbonyl (C=O) groups is 2. The van der Waals surface area contributed by atoms with Crippen LogP contribution in [0.25, 0.3) is 0 Å². The molecule has 0 radical (unpaired) electrons. The predicted molar refractivity (Wildman–Crippen MR) is 53.1 cm³/mol. The van der Waals surface area contributed by atoms with Gasteiger partial charge in [-0.15, -0.1) is 0 Å². The van der Waals surface area contributed by atoms with Crippen molar-refractivity contribution in [3.63, 3.8) is 0 Å². The van der Waals surface area contributed by atoms with Gasteiger partial charge >= 0.3 is 0 Å². The lowest BCUT2D eigenvalue weighted by molar-refractivity contribution is -0.115.